The fourth-order valence-corrected chi connectivity index (χ4v) is 0. The Bertz CT molecular complexity index is 6.00. The molecule has 4 heteroatoms. The Labute approximate surface area is 69.5 Å². The van der Waals surface area contributed by atoms with Crippen molar-refractivity contribution in [3.63, 3.8) is 0 Å². The number of hydrogen-bond donors (Lipinski definition) is 2. The topological polar surface area (TPSA) is 0 Å². The first-order valence-corrected chi connectivity index (χ1v) is 1.80. The molecule has 0 aliphatic heterocycles. The van der Waals surface area contributed by atoms with Gasteiger partial charge in [0, 0.05) is 27.3 Å². The van der Waals surface area contributed by atoms with Crippen molar-refractivity contribution in [2.24, 2.45) is 0 Å². The van der Waals surface area contributed by atoms with Crippen molar-refractivity contribution >= 4 is 70.4 Å². The molecule has 0 amide bonds. The first-order chi connectivity index (χ1) is 1.00. The van der Waals surface area contributed by atoms with Crippen LogP contribution in [0.25, 0.3) is 0 Å². The van der Waals surface area contributed by atoms with Gasteiger partial charge in [-0.15, -0.1) is 23.3 Å². The first-order valence-electron chi connectivity index (χ1n) is 0.200. The summed E-state index contributed by atoms with van der Waals surface area (Å²) < 4.78 is 0. The van der Waals surface area contributed by atoms with Crippen molar-refractivity contribution in [2.45, 2.75) is 0 Å². The van der Waals surface area contributed by atoms with Crippen molar-refractivity contribution in [1.29, 1.82) is 0 Å². The SMILES string of the molecule is SS.[GaH3].[Tl]. The van der Waals surface area contributed by atoms with E-state index in [0.717, 1.165) is 0 Å². The van der Waals surface area contributed by atoms with Crippen molar-refractivity contribution in [2.75, 3.05) is 0 Å². The van der Waals surface area contributed by atoms with Crippen LogP contribution in [-0.4, -0.2) is 47.1 Å². The van der Waals surface area contributed by atoms with E-state index >= 15 is 0 Å². The minimum absolute atomic E-state index is 0. The van der Waals surface area contributed by atoms with Crippen LogP contribution in [0.4, 0.5) is 0 Å². The average molecular weight is 343 g/mol. The zero-order valence-corrected chi connectivity index (χ0v) is 7.75. The molecule has 0 N–H and O–H groups in total. The Kier molecular flexibility index (Phi) is 76.2. The molecule has 0 atom stereocenters. The van der Waals surface area contributed by atoms with E-state index in [1.54, 1.807) is 0 Å². The Morgan fingerprint density at radius 2 is 1.00 bits per heavy atom. The summed E-state index contributed by atoms with van der Waals surface area (Å²) in [5, 5.41) is 0. The Morgan fingerprint density at radius 1 is 1.00 bits per heavy atom. The van der Waals surface area contributed by atoms with Gasteiger partial charge in [0.2, 0.25) is 0 Å². The minimum atomic E-state index is 0. The molecule has 0 spiro atoms. The summed E-state index contributed by atoms with van der Waals surface area (Å²) in [5.74, 6) is 0. The Morgan fingerprint density at radius 3 is 1.00 bits per heavy atom. The van der Waals surface area contributed by atoms with E-state index in [0.29, 0.717) is 0 Å². The molecule has 0 aliphatic rings. The quantitative estimate of drug-likeness (QED) is 0.321. The van der Waals surface area contributed by atoms with Gasteiger partial charge in [-0.3, -0.25) is 0 Å². The monoisotopic (exact) mass is 343 g/mol. The maximum atomic E-state index is 3.22. The van der Waals surface area contributed by atoms with E-state index in [9.17, 15) is 0 Å². The van der Waals surface area contributed by atoms with Gasteiger partial charge in [-0.05, 0) is 0 Å². The molecule has 0 aromatic rings. The second-order valence-electron chi connectivity index (χ2n) is 0. The zero-order valence-electron chi connectivity index (χ0n) is 1.47. The predicted octanol–water partition coefficient (Wildman–Crippen LogP) is -0.804. The number of hydrogen-bond acceptors (Lipinski definition) is 2. The van der Waals surface area contributed by atoms with Crippen LogP contribution in [0.5, 0.6) is 0 Å². The summed E-state index contributed by atoms with van der Waals surface area (Å²) >= 11 is 6.44. The number of rotatable bonds is 0. The van der Waals surface area contributed by atoms with Crippen LogP contribution < -0.4 is 0 Å². The first kappa shape index (κ1) is 16.3. The summed E-state index contributed by atoms with van der Waals surface area (Å²) in [6.07, 6.45) is 0. The molecule has 0 rings (SSSR count). The van der Waals surface area contributed by atoms with Crippen LogP contribution in [-0.2, 0) is 0 Å². The van der Waals surface area contributed by atoms with Gasteiger partial charge in [-0.25, -0.2) is 0 Å². The van der Waals surface area contributed by atoms with Gasteiger partial charge in [0.05, 0.1) is 0 Å². The second-order valence-corrected chi connectivity index (χ2v) is 0. The van der Waals surface area contributed by atoms with E-state index in [1.807, 2.05) is 0 Å². The maximum Gasteiger partial charge on any atom is 0 e. The van der Waals surface area contributed by atoms with E-state index < -0.39 is 0 Å². The van der Waals surface area contributed by atoms with Crippen molar-refractivity contribution in [3.8, 4) is 0 Å². The van der Waals surface area contributed by atoms with E-state index in [4.69, 9.17) is 0 Å². The summed E-state index contributed by atoms with van der Waals surface area (Å²) in [5.41, 5.74) is 0. The molecule has 23 valence electrons. The van der Waals surface area contributed by atoms with Gasteiger partial charge < -0.3 is 0 Å². The molecule has 0 nitrogen and oxygen atoms in total. The molecular formula is H5GaS2Tl. The van der Waals surface area contributed by atoms with Gasteiger partial charge in [-0.1, -0.05) is 0 Å². The zero-order chi connectivity index (χ0) is 2.00. The van der Waals surface area contributed by atoms with Gasteiger partial charge in [-0.2, -0.15) is 0 Å². The van der Waals surface area contributed by atoms with Gasteiger partial charge in [0.15, 0.2) is 0 Å². The third kappa shape index (κ3) is 8.86. The van der Waals surface area contributed by atoms with E-state index in [1.165, 1.54) is 0 Å². The van der Waals surface area contributed by atoms with Gasteiger partial charge in [0.1, 0.15) is 0 Å². The van der Waals surface area contributed by atoms with Crippen LogP contribution in [0.1, 0.15) is 0 Å². The van der Waals surface area contributed by atoms with Crippen LogP contribution in [0.3, 0.4) is 0 Å². The molecule has 0 unspecified atom stereocenters. The average Bonchev–Trinajstić information content (AvgIpc) is 1.00. The minimum Gasteiger partial charge on any atom is 0 e. The van der Waals surface area contributed by atoms with E-state index in [2.05, 4.69) is 23.3 Å². The number of thiol groups is 2. The van der Waals surface area contributed by atoms with Crippen molar-refractivity contribution in [3.05, 3.63) is 0 Å². The standard InChI is InChI=1S/Ga.H2S2.Tl.3H/c;1-2;;;;/h;1-2H;;;;. The molecule has 0 heterocycles. The summed E-state index contributed by atoms with van der Waals surface area (Å²) in [7, 11) is 0. The van der Waals surface area contributed by atoms with Crippen molar-refractivity contribution < 1.29 is 0 Å². The second kappa shape index (κ2) is 18.7. The third-order valence-electron chi connectivity index (χ3n) is 0. The van der Waals surface area contributed by atoms with E-state index in [-0.39, 0.29) is 47.1 Å². The van der Waals surface area contributed by atoms with Gasteiger partial charge in [0.25, 0.3) is 0 Å². The van der Waals surface area contributed by atoms with Crippen LogP contribution in [0.15, 0.2) is 0 Å². The van der Waals surface area contributed by atoms with Crippen LogP contribution in [0, 0.1) is 0 Å². The molecule has 1 radical (unpaired) electrons. The summed E-state index contributed by atoms with van der Waals surface area (Å²) in [6.45, 7) is 0. The molecular weight excluding hydrogens is 338 g/mol. The Balaban J connectivity index is -0.00000000500. The fourth-order valence-electron chi connectivity index (χ4n) is 0. The van der Waals surface area contributed by atoms with Gasteiger partial charge >= 0.3 is 19.8 Å². The van der Waals surface area contributed by atoms with Crippen LogP contribution >= 0.6 is 23.3 Å². The molecule has 0 saturated heterocycles. The molecule has 0 aromatic carbocycles. The third-order valence-corrected chi connectivity index (χ3v) is 0. The molecule has 0 aromatic heterocycles. The summed E-state index contributed by atoms with van der Waals surface area (Å²) in [6, 6.07) is 0. The molecule has 0 saturated carbocycles. The maximum absolute atomic E-state index is 3.22. The smallest absolute Gasteiger partial charge is 0 e. The molecule has 0 aliphatic carbocycles. The molecule has 4 heavy (non-hydrogen) atoms. The predicted molar refractivity (Wildman–Crippen MR) is 33.7 cm³/mol. The van der Waals surface area contributed by atoms with Crippen LogP contribution in [0.2, 0.25) is 0 Å². The largest absolute Gasteiger partial charge is 0 e. The van der Waals surface area contributed by atoms with Crippen molar-refractivity contribution in [1.82, 2.24) is 0 Å². The normalized spacial score (nSPS) is 1.50. The molecule has 0 bridgehead atoms. The fraction of sp³-hybridized carbons (Fsp3) is 0. The molecule has 0 fully saturated rings. The summed E-state index contributed by atoms with van der Waals surface area (Å²) in [4.78, 5) is 0. The Hall–Kier alpha value is 2.26.